The minimum atomic E-state index is 0.537. The van der Waals surface area contributed by atoms with Gasteiger partial charge in [-0.15, -0.1) is 0 Å². The van der Waals surface area contributed by atoms with E-state index in [4.69, 9.17) is 4.42 Å². The van der Waals surface area contributed by atoms with E-state index in [1.54, 1.807) is 6.26 Å². The first-order valence-corrected chi connectivity index (χ1v) is 9.11. The quantitative estimate of drug-likeness (QED) is 0.571. The van der Waals surface area contributed by atoms with E-state index in [2.05, 4.69) is 34.4 Å². The predicted octanol–water partition coefficient (Wildman–Crippen LogP) is 2.64. The zero-order chi connectivity index (χ0) is 16.3. The summed E-state index contributed by atoms with van der Waals surface area (Å²) in [7, 11) is 0. The fourth-order valence-electron chi connectivity index (χ4n) is 2.95. The summed E-state index contributed by atoms with van der Waals surface area (Å²) < 4.78 is 5.38. The van der Waals surface area contributed by atoms with Gasteiger partial charge < -0.3 is 20.0 Å². The summed E-state index contributed by atoms with van der Waals surface area (Å²) in [4.78, 5) is 7.22. The zero-order valence-corrected chi connectivity index (χ0v) is 14.7. The molecule has 0 amide bonds. The van der Waals surface area contributed by atoms with Crippen LogP contribution in [0.3, 0.4) is 0 Å². The van der Waals surface area contributed by atoms with Gasteiger partial charge in [-0.25, -0.2) is 0 Å². The van der Waals surface area contributed by atoms with Crippen molar-refractivity contribution in [1.29, 1.82) is 0 Å². The van der Waals surface area contributed by atoms with E-state index >= 15 is 0 Å². The molecular formula is C18H32N4O. The van der Waals surface area contributed by atoms with Crippen LogP contribution in [0.2, 0.25) is 0 Å². The maximum absolute atomic E-state index is 5.38. The van der Waals surface area contributed by atoms with Gasteiger partial charge in [-0.3, -0.25) is 4.99 Å². The van der Waals surface area contributed by atoms with Crippen LogP contribution in [-0.4, -0.2) is 49.6 Å². The van der Waals surface area contributed by atoms with Gasteiger partial charge in [0.15, 0.2) is 5.96 Å². The van der Waals surface area contributed by atoms with E-state index < -0.39 is 0 Å². The Morgan fingerprint density at radius 1 is 1.30 bits per heavy atom. The minimum Gasteiger partial charge on any atom is -0.469 e. The highest BCUT2D eigenvalue weighted by molar-refractivity contribution is 5.80. The van der Waals surface area contributed by atoms with E-state index in [1.165, 1.54) is 38.9 Å². The maximum Gasteiger partial charge on any atom is 0.191 e. The molecule has 2 N–H and O–H groups in total. The molecule has 0 atom stereocenters. The highest BCUT2D eigenvalue weighted by atomic mass is 16.3. The summed E-state index contributed by atoms with van der Waals surface area (Å²) in [5, 5.41) is 7.06. The van der Waals surface area contributed by atoms with E-state index in [-0.39, 0.29) is 0 Å². The second-order valence-corrected chi connectivity index (χ2v) is 6.25. The number of nitrogens with zero attached hydrogens (tertiary/aromatic N) is 2. The summed E-state index contributed by atoms with van der Waals surface area (Å²) in [6, 6.07) is 4.49. The van der Waals surface area contributed by atoms with E-state index in [1.807, 2.05) is 12.1 Å². The van der Waals surface area contributed by atoms with Crippen LogP contribution in [0.4, 0.5) is 0 Å². The lowest BCUT2D eigenvalue weighted by Crippen LogP contribution is -2.49. The zero-order valence-electron chi connectivity index (χ0n) is 14.7. The van der Waals surface area contributed by atoms with Crippen molar-refractivity contribution >= 4 is 5.96 Å². The smallest absolute Gasteiger partial charge is 0.191 e. The molecule has 2 rings (SSSR count). The lowest BCUT2D eigenvalue weighted by atomic mass is 10.1. The third-order valence-corrected chi connectivity index (χ3v) is 4.21. The van der Waals surface area contributed by atoms with Crippen molar-refractivity contribution in [3.63, 3.8) is 0 Å². The SMILES string of the molecule is CCCN=C(NCCc1ccco1)NC1CCN(CCC)CC1. The molecule has 0 aliphatic carbocycles. The van der Waals surface area contributed by atoms with Gasteiger partial charge in [0.1, 0.15) is 5.76 Å². The molecule has 5 heteroatoms. The van der Waals surface area contributed by atoms with Crippen LogP contribution in [0.5, 0.6) is 0 Å². The minimum absolute atomic E-state index is 0.537. The molecule has 0 spiro atoms. The molecule has 0 saturated carbocycles. The number of hydrogen-bond acceptors (Lipinski definition) is 3. The molecule has 0 bridgehead atoms. The van der Waals surface area contributed by atoms with Gasteiger partial charge in [-0.1, -0.05) is 13.8 Å². The number of rotatable bonds is 8. The standard InChI is InChI=1S/C18H32N4O/c1-3-10-19-18(20-11-7-17-6-5-15-23-17)21-16-8-13-22(12-4-2)14-9-16/h5-6,15-16H,3-4,7-14H2,1-2H3,(H2,19,20,21). The average molecular weight is 320 g/mol. The number of furan rings is 1. The summed E-state index contributed by atoms with van der Waals surface area (Å²) in [5.41, 5.74) is 0. The van der Waals surface area contributed by atoms with Crippen molar-refractivity contribution in [2.45, 2.75) is 52.0 Å². The number of likely N-dealkylation sites (tertiary alicyclic amines) is 1. The Hall–Kier alpha value is -1.49. The Morgan fingerprint density at radius 3 is 2.78 bits per heavy atom. The third kappa shape index (κ3) is 6.65. The Kier molecular flexibility index (Phi) is 8.01. The highest BCUT2D eigenvalue weighted by Crippen LogP contribution is 2.10. The molecule has 130 valence electrons. The lowest BCUT2D eigenvalue weighted by Gasteiger charge is -2.32. The van der Waals surface area contributed by atoms with E-state index in [9.17, 15) is 0 Å². The van der Waals surface area contributed by atoms with Gasteiger partial charge >= 0.3 is 0 Å². The van der Waals surface area contributed by atoms with Crippen LogP contribution in [0, 0.1) is 0 Å². The Labute approximate surface area is 140 Å². The van der Waals surface area contributed by atoms with Crippen LogP contribution >= 0.6 is 0 Å². The van der Waals surface area contributed by atoms with Crippen molar-refractivity contribution in [3.05, 3.63) is 24.2 Å². The van der Waals surface area contributed by atoms with Crippen LogP contribution in [-0.2, 0) is 6.42 Å². The molecule has 1 aliphatic rings. The number of hydrogen-bond donors (Lipinski definition) is 2. The molecular weight excluding hydrogens is 288 g/mol. The number of nitrogens with one attached hydrogen (secondary N) is 2. The van der Waals surface area contributed by atoms with Crippen LogP contribution in [0.15, 0.2) is 27.8 Å². The molecule has 1 aliphatic heterocycles. The molecule has 1 aromatic heterocycles. The predicted molar refractivity (Wildman–Crippen MR) is 95.9 cm³/mol. The molecule has 0 radical (unpaired) electrons. The van der Waals surface area contributed by atoms with Crippen molar-refractivity contribution in [3.8, 4) is 0 Å². The Balaban J connectivity index is 1.74. The first-order valence-electron chi connectivity index (χ1n) is 9.11. The lowest BCUT2D eigenvalue weighted by molar-refractivity contribution is 0.206. The molecule has 5 nitrogen and oxygen atoms in total. The fourth-order valence-corrected chi connectivity index (χ4v) is 2.95. The van der Waals surface area contributed by atoms with Crippen LogP contribution in [0.1, 0.15) is 45.3 Å². The van der Waals surface area contributed by atoms with Gasteiger partial charge in [0.2, 0.25) is 0 Å². The molecule has 0 unspecified atom stereocenters. The molecule has 1 aromatic rings. The second-order valence-electron chi connectivity index (χ2n) is 6.25. The van der Waals surface area contributed by atoms with E-state index in [0.29, 0.717) is 6.04 Å². The van der Waals surface area contributed by atoms with Gasteiger partial charge in [0.25, 0.3) is 0 Å². The van der Waals surface area contributed by atoms with Crippen molar-refractivity contribution in [2.24, 2.45) is 4.99 Å². The fraction of sp³-hybridized carbons (Fsp3) is 0.722. The topological polar surface area (TPSA) is 52.8 Å². The summed E-state index contributed by atoms with van der Waals surface area (Å²) in [6.07, 6.45) is 7.32. The molecule has 1 saturated heterocycles. The third-order valence-electron chi connectivity index (χ3n) is 4.21. The number of aliphatic imine (C=N–C) groups is 1. The van der Waals surface area contributed by atoms with Gasteiger partial charge in [0, 0.05) is 38.6 Å². The van der Waals surface area contributed by atoms with Crippen molar-refractivity contribution in [2.75, 3.05) is 32.7 Å². The van der Waals surface area contributed by atoms with Crippen molar-refractivity contribution in [1.82, 2.24) is 15.5 Å². The molecule has 23 heavy (non-hydrogen) atoms. The van der Waals surface area contributed by atoms with Gasteiger partial charge in [-0.05, 0) is 44.4 Å². The Bertz CT molecular complexity index is 436. The molecule has 2 heterocycles. The second kappa shape index (κ2) is 10.3. The first-order chi connectivity index (χ1) is 11.3. The molecule has 0 aromatic carbocycles. The normalized spacial score (nSPS) is 17.4. The average Bonchev–Trinajstić information content (AvgIpc) is 3.08. The monoisotopic (exact) mass is 320 g/mol. The Morgan fingerprint density at radius 2 is 2.13 bits per heavy atom. The molecule has 1 fully saturated rings. The summed E-state index contributed by atoms with van der Waals surface area (Å²) in [6.45, 7) is 9.74. The number of guanidine groups is 1. The van der Waals surface area contributed by atoms with Crippen LogP contribution in [0.25, 0.3) is 0 Å². The number of piperidine rings is 1. The van der Waals surface area contributed by atoms with Gasteiger partial charge in [0.05, 0.1) is 6.26 Å². The summed E-state index contributed by atoms with van der Waals surface area (Å²) in [5.74, 6) is 1.97. The summed E-state index contributed by atoms with van der Waals surface area (Å²) >= 11 is 0. The largest absolute Gasteiger partial charge is 0.469 e. The first kappa shape index (κ1) is 17.9. The maximum atomic E-state index is 5.38. The van der Waals surface area contributed by atoms with Crippen LogP contribution < -0.4 is 10.6 Å². The van der Waals surface area contributed by atoms with Crippen molar-refractivity contribution < 1.29 is 4.42 Å². The highest BCUT2D eigenvalue weighted by Gasteiger charge is 2.19. The van der Waals surface area contributed by atoms with E-state index in [0.717, 1.165) is 37.7 Å². The van der Waals surface area contributed by atoms with Gasteiger partial charge in [-0.2, -0.15) is 0 Å².